The largest absolute Gasteiger partial charge is 0.427 e. The Morgan fingerprint density at radius 1 is 1.36 bits per heavy atom. The Balaban J connectivity index is 2.55. The summed E-state index contributed by atoms with van der Waals surface area (Å²) in [6.45, 7) is 0. The summed E-state index contributed by atoms with van der Waals surface area (Å²) < 4.78 is 4.78. The third-order valence-electron chi connectivity index (χ3n) is 1.72. The first-order valence-corrected chi connectivity index (χ1v) is 4.02. The molecule has 0 saturated carbocycles. The van der Waals surface area contributed by atoms with Gasteiger partial charge in [-0.05, 0) is 11.6 Å². The monoisotopic (exact) mass is 160 g/mol. The average Bonchev–Trinajstić information content (AvgIpc) is 2.30. The van der Waals surface area contributed by atoms with Gasteiger partial charge in [-0.2, -0.15) is 0 Å². The lowest BCUT2D eigenvalue weighted by atomic mass is 10.2. The first-order chi connectivity index (χ1) is 5.29. The second-order valence-electron chi connectivity index (χ2n) is 2.44. The van der Waals surface area contributed by atoms with Crippen LogP contribution in [-0.4, -0.2) is 22.3 Å². The Bertz CT molecular complexity index is 309. The van der Waals surface area contributed by atoms with Gasteiger partial charge in [0.1, 0.15) is 5.75 Å². The molecule has 1 aliphatic rings. The van der Waals surface area contributed by atoms with E-state index in [1.54, 1.807) is 6.07 Å². The lowest BCUT2D eigenvalue weighted by molar-refractivity contribution is -0.132. The van der Waals surface area contributed by atoms with Crippen LogP contribution in [-0.2, 0) is 4.79 Å². The maximum absolute atomic E-state index is 11.0. The van der Waals surface area contributed by atoms with E-state index in [0.717, 1.165) is 5.56 Å². The van der Waals surface area contributed by atoms with Crippen LogP contribution < -0.4 is 4.74 Å². The third kappa shape index (κ3) is 0.974. The molecule has 0 amide bonds. The number of rotatable bonds is 0. The van der Waals surface area contributed by atoms with Gasteiger partial charge in [0.2, 0.25) is 0 Å². The molecule has 0 aromatic heterocycles. The van der Waals surface area contributed by atoms with E-state index < -0.39 is 0 Å². The minimum Gasteiger partial charge on any atom is -0.427 e. The molecule has 0 bridgehead atoms. The molecule has 1 aromatic carbocycles. The van der Waals surface area contributed by atoms with Crippen molar-refractivity contribution in [1.29, 1.82) is 0 Å². The van der Waals surface area contributed by atoms with Gasteiger partial charge < -0.3 is 4.74 Å². The number of hydrogen-bond donors (Lipinski definition) is 0. The fraction of sp³-hybridized carbons (Fsp3) is 0.125. The van der Waals surface area contributed by atoms with Crippen molar-refractivity contribution in [3.05, 3.63) is 29.8 Å². The Hall–Kier alpha value is -0.778. The highest BCUT2D eigenvalue weighted by Gasteiger charge is 2.26. The van der Waals surface area contributed by atoms with E-state index in [2.05, 4.69) is 16.3 Å². The van der Waals surface area contributed by atoms with Crippen LogP contribution in [0.2, 0.25) is 0 Å². The number of para-hydroxylation sites is 1. The van der Waals surface area contributed by atoms with Crippen molar-refractivity contribution in [2.45, 2.75) is 4.78 Å². The summed E-state index contributed by atoms with van der Waals surface area (Å²) in [6, 6.07) is 7.46. The molecule has 52 valence electrons. The molecule has 0 fully saturated rings. The van der Waals surface area contributed by atoms with Gasteiger partial charge >= 0.3 is 5.97 Å². The smallest absolute Gasteiger partial charge is 0.302 e. The lowest BCUT2D eigenvalue weighted by Crippen LogP contribution is -2.09. The molecule has 0 aliphatic carbocycles. The molecule has 0 saturated heterocycles. The average molecular weight is 160 g/mol. The zero-order valence-electron chi connectivity index (χ0n) is 5.78. The van der Waals surface area contributed by atoms with Crippen LogP contribution in [0.3, 0.4) is 0 Å². The van der Waals surface area contributed by atoms with E-state index in [-0.39, 0.29) is 10.7 Å². The molecule has 1 atom stereocenters. The van der Waals surface area contributed by atoms with Gasteiger partial charge in [-0.15, -0.1) is 0 Å². The van der Waals surface area contributed by atoms with Gasteiger partial charge in [0.15, 0.2) is 16.3 Å². The van der Waals surface area contributed by atoms with Crippen LogP contribution in [0.4, 0.5) is 0 Å². The first kappa shape index (κ1) is 6.90. The normalized spacial score (nSPS) is 21.1. The van der Waals surface area contributed by atoms with Crippen molar-refractivity contribution in [2.75, 3.05) is 0 Å². The van der Waals surface area contributed by atoms with E-state index in [1.807, 2.05) is 18.2 Å². The Morgan fingerprint density at radius 3 is 2.82 bits per heavy atom. The molecule has 1 aromatic rings. The number of carbonyl (C=O) groups excluding carboxylic acids is 1. The summed E-state index contributed by atoms with van der Waals surface area (Å²) in [4.78, 5) is 11.0. The summed E-state index contributed by atoms with van der Waals surface area (Å²) in [6.07, 6.45) is 0. The highest BCUT2D eigenvalue weighted by atomic mass is 27.0. The van der Waals surface area contributed by atoms with E-state index >= 15 is 0 Å². The van der Waals surface area contributed by atoms with Crippen LogP contribution in [0.1, 0.15) is 10.3 Å². The van der Waals surface area contributed by atoms with Crippen LogP contribution in [0.15, 0.2) is 24.3 Å². The van der Waals surface area contributed by atoms with Crippen LogP contribution >= 0.6 is 0 Å². The van der Waals surface area contributed by atoms with E-state index in [9.17, 15) is 4.79 Å². The van der Waals surface area contributed by atoms with Gasteiger partial charge in [-0.25, -0.2) is 0 Å². The van der Waals surface area contributed by atoms with Crippen LogP contribution in [0.5, 0.6) is 5.75 Å². The zero-order chi connectivity index (χ0) is 7.84. The summed E-state index contributed by atoms with van der Waals surface area (Å²) in [5.74, 6) is 0.508. The quantitative estimate of drug-likeness (QED) is 0.319. The second kappa shape index (κ2) is 2.37. The minimum atomic E-state index is -0.184. The molecule has 1 heterocycles. The van der Waals surface area contributed by atoms with Gasteiger partial charge in [0.25, 0.3) is 0 Å². The number of benzene rings is 1. The maximum Gasteiger partial charge on any atom is 0.302 e. The molecule has 0 spiro atoms. The molecule has 2 rings (SSSR count). The SMILES string of the molecule is O=C1Oc2ccccc2[CH]1[Al]. The molecule has 1 unspecified atom stereocenters. The van der Waals surface area contributed by atoms with Crippen molar-refractivity contribution in [2.24, 2.45) is 0 Å². The molecule has 2 radical (unpaired) electrons. The first-order valence-electron chi connectivity index (χ1n) is 3.35. The Kier molecular flexibility index (Phi) is 1.49. The van der Waals surface area contributed by atoms with Crippen molar-refractivity contribution in [3.8, 4) is 5.75 Å². The predicted molar refractivity (Wildman–Crippen MR) is 40.6 cm³/mol. The summed E-state index contributed by atoms with van der Waals surface area (Å²) in [7, 11) is 0. The molecule has 1 aliphatic heterocycles. The fourth-order valence-electron chi connectivity index (χ4n) is 1.13. The summed E-state index contributed by atoms with van der Waals surface area (Å²) in [5.41, 5.74) is 0.961. The van der Waals surface area contributed by atoms with Crippen molar-refractivity contribution < 1.29 is 9.53 Å². The molecule has 0 N–H and O–H groups in total. The highest BCUT2D eigenvalue weighted by Crippen LogP contribution is 2.31. The summed E-state index contributed by atoms with van der Waals surface area (Å²) in [5, 5.41) is 0. The maximum atomic E-state index is 11.0. The van der Waals surface area contributed by atoms with Crippen molar-refractivity contribution in [1.82, 2.24) is 0 Å². The van der Waals surface area contributed by atoms with Crippen LogP contribution in [0.25, 0.3) is 0 Å². The van der Waals surface area contributed by atoms with E-state index in [0.29, 0.717) is 5.75 Å². The number of hydrogen-bond acceptors (Lipinski definition) is 2. The molecular formula is C8H5AlO2. The van der Waals surface area contributed by atoms with Gasteiger partial charge in [0, 0.05) is 4.78 Å². The van der Waals surface area contributed by atoms with Gasteiger partial charge in [0.05, 0.1) is 0 Å². The molecular weight excluding hydrogens is 155 g/mol. The Morgan fingerprint density at radius 2 is 2.09 bits per heavy atom. The predicted octanol–water partition coefficient (Wildman–Crippen LogP) is 0.815. The highest BCUT2D eigenvalue weighted by molar-refractivity contribution is 6.25. The molecule has 11 heavy (non-hydrogen) atoms. The molecule has 3 heteroatoms. The summed E-state index contributed by atoms with van der Waals surface area (Å²) >= 11 is 2.47. The third-order valence-corrected chi connectivity index (χ3v) is 2.35. The molecule has 2 nitrogen and oxygen atoms in total. The fourth-order valence-corrected chi connectivity index (χ4v) is 1.47. The van der Waals surface area contributed by atoms with Gasteiger partial charge in [-0.1, -0.05) is 18.2 Å². The zero-order valence-corrected chi connectivity index (χ0v) is 6.94. The lowest BCUT2D eigenvalue weighted by Gasteiger charge is -1.95. The standard InChI is InChI=1S/C8H5O2.Al/c9-8-5-6-3-1-2-4-7(6)10-8;/h1-5H;. The van der Waals surface area contributed by atoms with Crippen LogP contribution in [0, 0.1) is 0 Å². The minimum absolute atomic E-state index is 0.175. The topological polar surface area (TPSA) is 26.3 Å². The van der Waals surface area contributed by atoms with E-state index in [1.165, 1.54) is 0 Å². The van der Waals surface area contributed by atoms with Crippen molar-refractivity contribution in [3.63, 3.8) is 0 Å². The number of esters is 1. The van der Waals surface area contributed by atoms with Gasteiger partial charge in [-0.3, -0.25) is 4.79 Å². The van der Waals surface area contributed by atoms with Crippen molar-refractivity contribution >= 4 is 22.3 Å². The number of ether oxygens (including phenoxy) is 1. The second-order valence-corrected chi connectivity index (χ2v) is 3.10. The Labute approximate surface area is 72.6 Å². The number of fused-ring (bicyclic) bond motifs is 1. The number of carbonyl (C=O) groups is 1. The van der Waals surface area contributed by atoms with E-state index in [4.69, 9.17) is 4.74 Å².